The average molecular weight is 283 g/mol. The maximum atomic E-state index is 12.2. The molecule has 2 fully saturated rings. The molecule has 6 nitrogen and oxygen atoms in total. The van der Waals surface area contributed by atoms with Crippen molar-refractivity contribution in [2.75, 3.05) is 31.8 Å². The Morgan fingerprint density at radius 1 is 1.37 bits per heavy atom. The van der Waals surface area contributed by atoms with Crippen molar-refractivity contribution < 1.29 is 14.3 Å². The molecule has 0 bridgehead atoms. The first kappa shape index (κ1) is 13.0. The molecule has 2 atom stereocenters. The highest BCUT2D eigenvalue weighted by molar-refractivity contribution is 7.15. The molecular weight excluding hydrogens is 266 g/mol. The molecule has 0 spiro atoms. The van der Waals surface area contributed by atoms with Crippen molar-refractivity contribution in [2.45, 2.75) is 31.3 Å². The van der Waals surface area contributed by atoms with Gasteiger partial charge in [-0.15, -0.1) is 10.2 Å². The van der Waals surface area contributed by atoms with Crippen molar-refractivity contribution in [2.24, 2.45) is 0 Å². The third-order valence-corrected chi connectivity index (χ3v) is 4.69. The van der Waals surface area contributed by atoms with E-state index in [1.165, 1.54) is 11.3 Å². The van der Waals surface area contributed by atoms with E-state index in [-0.39, 0.29) is 12.0 Å². The number of rotatable bonds is 3. The molecule has 2 aliphatic rings. The van der Waals surface area contributed by atoms with Crippen molar-refractivity contribution in [1.29, 1.82) is 0 Å². The van der Waals surface area contributed by atoms with E-state index in [4.69, 9.17) is 9.47 Å². The fourth-order valence-corrected chi connectivity index (χ4v) is 3.27. The Hall–Kier alpha value is -1.05. The van der Waals surface area contributed by atoms with Gasteiger partial charge in [-0.25, -0.2) is 0 Å². The molecule has 104 valence electrons. The summed E-state index contributed by atoms with van der Waals surface area (Å²) in [6.07, 6.45) is 2.42. The van der Waals surface area contributed by atoms with Crippen LogP contribution in [0.4, 0.5) is 5.13 Å². The van der Waals surface area contributed by atoms with Crippen molar-refractivity contribution in [3.05, 3.63) is 5.01 Å². The van der Waals surface area contributed by atoms with E-state index in [1.807, 2.05) is 0 Å². The molecule has 1 aromatic rings. The van der Waals surface area contributed by atoms with Gasteiger partial charge in [0.15, 0.2) is 0 Å². The Morgan fingerprint density at radius 3 is 2.95 bits per heavy atom. The van der Waals surface area contributed by atoms with Crippen LogP contribution in [0.25, 0.3) is 0 Å². The Balaban J connectivity index is 1.69. The highest BCUT2D eigenvalue weighted by Gasteiger charge is 2.29. The van der Waals surface area contributed by atoms with Gasteiger partial charge < -0.3 is 9.47 Å². The molecule has 0 aliphatic carbocycles. The van der Waals surface area contributed by atoms with Gasteiger partial charge in [-0.05, 0) is 19.3 Å². The second-order valence-electron chi connectivity index (χ2n) is 4.88. The number of ether oxygens (including phenoxy) is 2. The van der Waals surface area contributed by atoms with Crippen LogP contribution in [0, 0.1) is 0 Å². The summed E-state index contributed by atoms with van der Waals surface area (Å²) in [6, 6.07) is 0. The van der Waals surface area contributed by atoms with Gasteiger partial charge in [0, 0.05) is 26.2 Å². The lowest BCUT2D eigenvalue weighted by Gasteiger charge is -2.17. The van der Waals surface area contributed by atoms with Crippen molar-refractivity contribution in [1.82, 2.24) is 10.2 Å². The molecule has 2 saturated heterocycles. The van der Waals surface area contributed by atoms with E-state index in [2.05, 4.69) is 10.2 Å². The number of nitrogens with zero attached hydrogens (tertiary/aromatic N) is 3. The number of hydrogen-bond donors (Lipinski definition) is 0. The maximum Gasteiger partial charge on any atom is 0.257 e. The predicted octanol–water partition coefficient (Wildman–Crippen LogP) is 1.18. The van der Waals surface area contributed by atoms with Gasteiger partial charge in [0.2, 0.25) is 5.13 Å². The van der Waals surface area contributed by atoms with Crippen molar-refractivity contribution >= 4 is 22.4 Å². The minimum absolute atomic E-state index is 0.0251. The molecule has 0 saturated carbocycles. The summed E-state index contributed by atoms with van der Waals surface area (Å²) < 4.78 is 10.8. The Kier molecular flexibility index (Phi) is 3.76. The smallest absolute Gasteiger partial charge is 0.257 e. The SMILES string of the molecule is CN(C(=O)[C@@H]1CCCO1)c1nnc([C@H]2CCOC2)s1. The molecule has 3 rings (SSSR count). The van der Waals surface area contributed by atoms with Crippen LogP contribution < -0.4 is 4.90 Å². The fourth-order valence-electron chi connectivity index (χ4n) is 2.34. The highest BCUT2D eigenvalue weighted by Crippen LogP contribution is 2.31. The number of carbonyl (C=O) groups excluding carboxylic acids is 1. The molecule has 1 aromatic heterocycles. The molecule has 19 heavy (non-hydrogen) atoms. The average Bonchev–Trinajstić information content (AvgIpc) is 3.16. The Bertz CT molecular complexity index is 453. The third kappa shape index (κ3) is 2.63. The van der Waals surface area contributed by atoms with Gasteiger partial charge >= 0.3 is 0 Å². The van der Waals surface area contributed by atoms with Crippen LogP contribution >= 0.6 is 11.3 Å². The molecule has 2 aliphatic heterocycles. The van der Waals surface area contributed by atoms with E-state index >= 15 is 0 Å². The zero-order valence-corrected chi connectivity index (χ0v) is 11.7. The number of amides is 1. The van der Waals surface area contributed by atoms with Crippen molar-refractivity contribution in [3.8, 4) is 0 Å². The molecule has 0 radical (unpaired) electrons. The number of carbonyl (C=O) groups is 1. The summed E-state index contributed by atoms with van der Waals surface area (Å²) in [5.41, 5.74) is 0. The maximum absolute atomic E-state index is 12.2. The molecule has 0 N–H and O–H groups in total. The highest BCUT2D eigenvalue weighted by atomic mass is 32.1. The van der Waals surface area contributed by atoms with Crippen LogP contribution in [-0.4, -0.2) is 49.1 Å². The summed E-state index contributed by atoms with van der Waals surface area (Å²) >= 11 is 1.47. The summed E-state index contributed by atoms with van der Waals surface area (Å²) in [4.78, 5) is 13.8. The largest absolute Gasteiger partial charge is 0.381 e. The van der Waals surface area contributed by atoms with Crippen LogP contribution in [0.15, 0.2) is 0 Å². The first-order chi connectivity index (χ1) is 9.25. The van der Waals surface area contributed by atoms with E-state index in [9.17, 15) is 4.79 Å². The summed E-state index contributed by atoms with van der Waals surface area (Å²) in [7, 11) is 1.74. The number of likely N-dealkylation sites (N-methyl/N-ethyl adjacent to an activating group) is 1. The second kappa shape index (κ2) is 5.52. The standard InChI is InChI=1S/C12H17N3O3S/c1-15(11(16)9-3-2-5-18-9)12-14-13-10(19-12)8-4-6-17-7-8/h8-9H,2-7H2,1H3/t8-,9-/m0/s1. The quantitative estimate of drug-likeness (QED) is 0.833. The molecule has 1 amide bonds. The van der Waals surface area contributed by atoms with E-state index < -0.39 is 0 Å². The number of hydrogen-bond acceptors (Lipinski definition) is 6. The predicted molar refractivity (Wildman–Crippen MR) is 70.5 cm³/mol. The fraction of sp³-hybridized carbons (Fsp3) is 0.750. The van der Waals surface area contributed by atoms with Gasteiger partial charge in [0.25, 0.3) is 5.91 Å². The zero-order chi connectivity index (χ0) is 13.2. The van der Waals surface area contributed by atoms with Crippen LogP contribution in [-0.2, 0) is 14.3 Å². The van der Waals surface area contributed by atoms with Gasteiger partial charge in [-0.2, -0.15) is 0 Å². The monoisotopic (exact) mass is 283 g/mol. The molecule has 7 heteroatoms. The van der Waals surface area contributed by atoms with E-state index in [0.717, 1.165) is 30.9 Å². The lowest BCUT2D eigenvalue weighted by atomic mass is 10.1. The first-order valence-electron chi connectivity index (χ1n) is 6.56. The molecule has 0 unspecified atom stereocenters. The summed E-state index contributed by atoms with van der Waals surface area (Å²) in [5, 5.41) is 9.90. The summed E-state index contributed by atoms with van der Waals surface area (Å²) in [5.74, 6) is 0.306. The van der Waals surface area contributed by atoms with Crippen molar-refractivity contribution in [3.63, 3.8) is 0 Å². The topological polar surface area (TPSA) is 64.6 Å². The molecule has 3 heterocycles. The van der Waals surface area contributed by atoms with E-state index in [0.29, 0.717) is 24.3 Å². The van der Waals surface area contributed by atoms with Gasteiger partial charge in [-0.1, -0.05) is 11.3 Å². The Morgan fingerprint density at radius 2 is 2.26 bits per heavy atom. The van der Waals surface area contributed by atoms with Crippen LogP contribution in [0.1, 0.15) is 30.2 Å². The Labute approximate surface area is 115 Å². The van der Waals surface area contributed by atoms with Crippen LogP contribution in [0.3, 0.4) is 0 Å². The normalized spacial score (nSPS) is 26.8. The number of anilines is 1. The lowest BCUT2D eigenvalue weighted by Crippen LogP contribution is -2.35. The van der Waals surface area contributed by atoms with E-state index in [1.54, 1.807) is 11.9 Å². The van der Waals surface area contributed by atoms with Crippen LogP contribution in [0.2, 0.25) is 0 Å². The van der Waals surface area contributed by atoms with Gasteiger partial charge in [0.05, 0.1) is 6.61 Å². The van der Waals surface area contributed by atoms with Crippen LogP contribution in [0.5, 0.6) is 0 Å². The summed E-state index contributed by atoms with van der Waals surface area (Å²) in [6.45, 7) is 2.16. The number of aromatic nitrogens is 2. The first-order valence-corrected chi connectivity index (χ1v) is 7.37. The lowest BCUT2D eigenvalue weighted by molar-refractivity contribution is -0.127. The third-order valence-electron chi connectivity index (χ3n) is 3.53. The minimum Gasteiger partial charge on any atom is -0.381 e. The van der Waals surface area contributed by atoms with Gasteiger partial charge in [-0.3, -0.25) is 9.69 Å². The second-order valence-corrected chi connectivity index (χ2v) is 5.87. The minimum atomic E-state index is -0.313. The molecular formula is C12H17N3O3S. The zero-order valence-electron chi connectivity index (χ0n) is 10.9. The molecule has 0 aromatic carbocycles. The van der Waals surface area contributed by atoms with Gasteiger partial charge in [0.1, 0.15) is 11.1 Å².